The molecule has 0 saturated heterocycles. The fourth-order valence-electron chi connectivity index (χ4n) is 2.38. The third-order valence-electron chi connectivity index (χ3n) is 3.55. The summed E-state index contributed by atoms with van der Waals surface area (Å²) in [5.74, 6) is -2.73. The number of hydrogen-bond acceptors (Lipinski definition) is 5. The molecule has 7 heteroatoms. The van der Waals surface area contributed by atoms with Crippen LogP contribution >= 0.6 is 0 Å². The summed E-state index contributed by atoms with van der Waals surface area (Å²) in [6, 6.07) is -1.49. The van der Waals surface area contributed by atoms with E-state index in [0.29, 0.717) is 12.8 Å². The Bertz CT molecular complexity index is 375. The van der Waals surface area contributed by atoms with Gasteiger partial charge in [-0.25, -0.2) is 9.59 Å². The van der Waals surface area contributed by atoms with Crippen LogP contribution in [0.15, 0.2) is 0 Å². The summed E-state index contributed by atoms with van der Waals surface area (Å²) in [5.41, 5.74) is 4.16. The van der Waals surface area contributed by atoms with Gasteiger partial charge in [-0.1, -0.05) is 25.7 Å². The van der Waals surface area contributed by atoms with E-state index in [1.54, 1.807) is 6.92 Å². The number of carbonyl (C=O) groups is 3. The van der Waals surface area contributed by atoms with Crippen molar-refractivity contribution in [3.63, 3.8) is 0 Å². The second-order valence-corrected chi connectivity index (χ2v) is 5.02. The fourth-order valence-corrected chi connectivity index (χ4v) is 2.38. The smallest absolute Gasteiger partial charge is 0.332 e. The van der Waals surface area contributed by atoms with E-state index in [0.717, 1.165) is 25.7 Å². The van der Waals surface area contributed by atoms with Crippen molar-refractivity contribution in [3.8, 4) is 0 Å². The van der Waals surface area contributed by atoms with Gasteiger partial charge in [-0.15, -0.1) is 0 Å². The van der Waals surface area contributed by atoms with Crippen molar-refractivity contribution in [3.05, 3.63) is 0 Å². The molecule has 1 fully saturated rings. The number of esters is 1. The van der Waals surface area contributed by atoms with Crippen molar-refractivity contribution in [2.24, 2.45) is 5.73 Å². The van der Waals surface area contributed by atoms with E-state index < -0.39 is 29.4 Å². The Balaban J connectivity index is 2.77. The molecule has 1 saturated carbocycles. The SMILES string of the molecule is CCOC(=O)C(N)C(=O)NC1(C(=O)O)CCCCCC1. The lowest BCUT2D eigenvalue weighted by Gasteiger charge is -2.30. The van der Waals surface area contributed by atoms with Crippen LogP contribution in [0.5, 0.6) is 0 Å². The molecule has 4 N–H and O–H groups in total. The largest absolute Gasteiger partial charge is 0.480 e. The predicted molar refractivity (Wildman–Crippen MR) is 70.8 cm³/mol. The molecular formula is C13H22N2O5. The van der Waals surface area contributed by atoms with Gasteiger partial charge in [-0.05, 0) is 19.8 Å². The van der Waals surface area contributed by atoms with Gasteiger partial charge in [0.15, 0.2) is 6.04 Å². The molecule has 20 heavy (non-hydrogen) atoms. The van der Waals surface area contributed by atoms with E-state index in [-0.39, 0.29) is 6.61 Å². The summed E-state index contributed by atoms with van der Waals surface area (Å²) in [5, 5.41) is 11.9. The Hall–Kier alpha value is -1.63. The Labute approximate surface area is 117 Å². The van der Waals surface area contributed by atoms with Crippen LogP contribution in [0.3, 0.4) is 0 Å². The standard InChI is InChI=1S/C13H22N2O5/c1-2-20-11(17)9(14)10(16)15-13(12(18)19)7-5-3-4-6-8-13/h9H,2-8,14H2,1H3,(H,15,16)(H,18,19). The van der Waals surface area contributed by atoms with Crippen molar-refractivity contribution >= 4 is 17.8 Å². The molecule has 0 aromatic heterocycles. The highest BCUT2D eigenvalue weighted by atomic mass is 16.5. The van der Waals surface area contributed by atoms with Gasteiger partial charge in [0.05, 0.1) is 6.61 Å². The van der Waals surface area contributed by atoms with Crippen molar-refractivity contribution < 1.29 is 24.2 Å². The van der Waals surface area contributed by atoms with Gasteiger partial charge in [-0.3, -0.25) is 4.79 Å². The topological polar surface area (TPSA) is 119 Å². The van der Waals surface area contributed by atoms with E-state index in [9.17, 15) is 19.5 Å². The lowest BCUT2D eigenvalue weighted by atomic mass is 9.90. The average molecular weight is 286 g/mol. The number of aliphatic carboxylic acids is 1. The Kier molecular flexibility index (Phi) is 5.94. The molecular weight excluding hydrogens is 264 g/mol. The molecule has 0 spiro atoms. The minimum atomic E-state index is -1.49. The molecule has 0 bridgehead atoms. The third-order valence-corrected chi connectivity index (χ3v) is 3.55. The van der Waals surface area contributed by atoms with Crippen molar-refractivity contribution in [1.82, 2.24) is 5.32 Å². The van der Waals surface area contributed by atoms with Crippen LogP contribution in [-0.2, 0) is 19.1 Å². The molecule has 1 rings (SSSR count). The van der Waals surface area contributed by atoms with Crippen LogP contribution in [0.4, 0.5) is 0 Å². The minimum Gasteiger partial charge on any atom is -0.480 e. The molecule has 7 nitrogen and oxygen atoms in total. The number of carboxylic acid groups (broad SMARTS) is 1. The fraction of sp³-hybridized carbons (Fsp3) is 0.769. The van der Waals surface area contributed by atoms with Crippen molar-refractivity contribution in [2.45, 2.75) is 57.0 Å². The van der Waals surface area contributed by atoms with Gasteiger partial charge in [0, 0.05) is 0 Å². The monoisotopic (exact) mass is 286 g/mol. The molecule has 1 atom stereocenters. The molecule has 0 aliphatic heterocycles. The van der Waals surface area contributed by atoms with E-state index >= 15 is 0 Å². The van der Waals surface area contributed by atoms with Gasteiger partial charge in [0.25, 0.3) is 0 Å². The van der Waals surface area contributed by atoms with Crippen LogP contribution in [0.25, 0.3) is 0 Å². The zero-order chi connectivity index (χ0) is 15.2. The van der Waals surface area contributed by atoms with Crippen LogP contribution in [0.2, 0.25) is 0 Å². The van der Waals surface area contributed by atoms with Gasteiger partial charge in [0.1, 0.15) is 5.54 Å². The number of hydrogen-bond donors (Lipinski definition) is 3. The van der Waals surface area contributed by atoms with E-state index in [1.165, 1.54) is 0 Å². The highest BCUT2D eigenvalue weighted by Crippen LogP contribution is 2.27. The quantitative estimate of drug-likeness (QED) is 0.376. The Morgan fingerprint density at radius 3 is 2.25 bits per heavy atom. The molecule has 0 heterocycles. The molecule has 1 amide bonds. The molecule has 0 radical (unpaired) electrons. The maximum absolute atomic E-state index is 11.9. The number of nitrogens with one attached hydrogen (secondary N) is 1. The second kappa shape index (κ2) is 7.23. The highest BCUT2D eigenvalue weighted by Gasteiger charge is 2.41. The summed E-state index contributed by atoms with van der Waals surface area (Å²) < 4.78 is 4.66. The van der Waals surface area contributed by atoms with E-state index in [4.69, 9.17) is 5.73 Å². The van der Waals surface area contributed by atoms with Crippen molar-refractivity contribution in [2.75, 3.05) is 6.61 Å². The normalized spacial score (nSPS) is 19.5. The first-order chi connectivity index (χ1) is 9.43. The lowest BCUT2D eigenvalue weighted by molar-refractivity contribution is -0.153. The molecule has 114 valence electrons. The molecule has 1 aliphatic carbocycles. The van der Waals surface area contributed by atoms with Crippen LogP contribution in [0, 0.1) is 0 Å². The van der Waals surface area contributed by atoms with Gasteiger partial charge < -0.3 is 20.9 Å². The Morgan fingerprint density at radius 1 is 1.25 bits per heavy atom. The second-order valence-electron chi connectivity index (χ2n) is 5.02. The molecule has 1 aliphatic rings. The number of rotatable bonds is 5. The molecule has 0 aromatic rings. The van der Waals surface area contributed by atoms with Crippen LogP contribution in [0.1, 0.15) is 45.4 Å². The van der Waals surface area contributed by atoms with Crippen LogP contribution in [-0.4, -0.2) is 41.1 Å². The average Bonchev–Trinajstić information content (AvgIpc) is 2.64. The molecule has 0 aromatic carbocycles. The number of carbonyl (C=O) groups excluding carboxylic acids is 2. The first-order valence-corrected chi connectivity index (χ1v) is 6.90. The maximum Gasteiger partial charge on any atom is 0.332 e. The van der Waals surface area contributed by atoms with Gasteiger partial charge in [-0.2, -0.15) is 0 Å². The first kappa shape index (κ1) is 16.4. The van der Waals surface area contributed by atoms with Crippen molar-refractivity contribution in [1.29, 1.82) is 0 Å². The van der Waals surface area contributed by atoms with Crippen LogP contribution < -0.4 is 11.1 Å². The van der Waals surface area contributed by atoms with E-state index in [2.05, 4.69) is 10.1 Å². The zero-order valence-electron chi connectivity index (χ0n) is 11.7. The summed E-state index contributed by atoms with van der Waals surface area (Å²) >= 11 is 0. The minimum absolute atomic E-state index is 0.115. The molecule has 1 unspecified atom stereocenters. The third kappa shape index (κ3) is 3.93. The summed E-state index contributed by atoms with van der Waals surface area (Å²) in [7, 11) is 0. The first-order valence-electron chi connectivity index (χ1n) is 6.90. The van der Waals surface area contributed by atoms with E-state index in [1.807, 2.05) is 0 Å². The Morgan fingerprint density at radius 2 is 1.80 bits per heavy atom. The summed E-state index contributed by atoms with van der Waals surface area (Å²) in [6.45, 7) is 1.72. The summed E-state index contributed by atoms with van der Waals surface area (Å²) in [4.78, 5) is 34.9. The van der Waals surface area contributed by atoms with Gasteiger partial charge in [0.2, 0.25) is 5.91 Å². The highest BCUT2D eigenvalue weighted by molar-refractivity contribution is 6.03. The van der Waals surface area contributed by atoms with Gasteiger partial charge >= 0.3 is 11.9 Å². The number of carboxylic acids is 1. The lowest BCUT2D eigenvalue weighted by Crippen LogP contribution is -2.59. The summed E-state index contributed by atoms with van der Waals surface area (Å²) in [6.07, 6.45) is 4.03. The predicted octanol–water partition coefficient (Wildman–Crippen LogP) is 0.171. The maximum atomic E-state index is 11.9. The number of amides is 1. The zero-order valence-corrected chi connectivity index (χ0v) is 11.7. The number of nitrogens with two attached hydrogens (primary N) is 1. The number of ether oxygens (including phenoxy) is 1.